The normalized spacial score (nSPS) is 32.9. The average Bonchev–Trinajstić information content (AvgIpc) is 2.10. The molecule has 0 saturated heterocycles. The van der Waals surface area contributed by atoms with Gasteiger partial charge in [0.05, 0.1) is 0 Å². The summed E-state index contributed by atoms with van der Waals surface area (Å²) in [5, 5.41) is -4.46. The van der Waals surface area contributed by atoms with Gasteiger partial charge in [0.25, 0.3) is 5.00 Å². The molecule has 1 aliphatic rings. The molecule has 0 heterocycles. The van der Waals surface area contributed by atoms with Crippen LogP contribution in [0.25, 0.3) is 0 Å². The molecule has 0 aromatic carbocycles. The minimum Gasteiger partial charge on any atom is -0.745 e. The van der Waals surface area contributed by atoms with Crippen molar-refractivity contribution in [3.05, 3.63) is 23.6 Å². The fourth-order valence-corrected chi connectivity index (χ4v) is 1.51. The van der Waals surface area contributed by atoms with Crippen molar-refractivity contribution in [3.63, 3.8) is 0 Å². The lowest BCUT2D eigenvalue weighted by Crippen LogP contribution is -2.43. The first-order chi connectivity index (χ1) is 6.61. The van der Waals surface area contributed by atoms with Gasteiger partial charge in [-0.25, -0.2) is 30.4 Å². The summed E-state index contributed by atoms with van der Waals surface area (Å²) >= 11 is 0. The van der Waals surface area contributed by atoms with Crippen molar-refractivity contribution in [2.75, 3.05) is 0 Å². The third-order valence-electron chi connectivity index (χ3n) is 1.69. The zero-order chi connectivity index (χ0) is 12.0. The maximum Gasteiger partial charge on any atom is 0.257 e. The van der Waals surface area contributed by atoms with E-state index in [0.29, 0.717) is 0 Å². The maximum atomic E-state index is 13.1. The highest BCUT2D eigenvalue weighted by molar-refractivity contribution is 7.87. The number of hydrogen-bond acceptors (Lipinski definition) is 3. The van der Waals surface area contributed by atoms with Crippen LogP contribution in [0.2, 0.25) is 0 Å². The molecule has 1 aliphatic carbocycles. The van der Waals surface area contributed by atoms with Gasteiger partial charge in [-0.15, -0.1) is 0 Å². The summed E-state index contributed by atoms with van der Waals surface area (Å²) in [7, 11) is -6.01. The molecule has 0 spiro atoms. The molecule has 0 saturated carbocycles. The van der Waals surface area contributed by atoms with Crippen LogP contribution < -0.4 is 0 Å². The van der Waals surface area contributed by atoms with E-state index in [2.05, 4.69) is 0 Å². The third kappa shape index (κ3) is 1.65. The van der Waals surface area contributed by atoms with Crippen LogP contribution in [0, 0.1) is 0 Å². The first kappa shape index (κ1) is 12.1. The molecule has 0 radical (unpaired) electrons. The Bertz CT molecular complexity index is 453. The Kier molecular flexibility index (Phi) is 2.64. The summed E-state index contributed by atoms with van der Waals surface area (Å²) in [6.45, 7) is 0. The zero-order valence-corrected chi connectivity index (χ0v) is 7.49. The van der Waals surface area contributed by atoms with E-state index in [1.807, 2.05) is 0 Å². The molecule has 15 heavy (non-hydrogen) atoms. The monoisotopic (exact) mass is 249 g/mol. The summed E-state index contributed by atoms with van der Waals surface area (Å²) in [5.41, 5.74) is 0. The predicted octanol–water partition coefficient (Wildman–Crippen LogP) is 1.55. The first-order valence-corrected chi connectivity index (χ1v) is 4.74. The van der Waals surface area contributed by atoms with Crippen LogP contribution in [0.3, 0.4) is 0 Å². The molecule has 0 aliphatic heterocycles. The molecule has 0 fully saturated rings. The molecule has 0 amide bonds. The second-order valence-corrected chi connectivity index (χ2v) is 4.20. The van der Waals surface area contributed by atoms with Crippen LogP contribution in [-0.2, 0) is 10.1 Å². The van der Waals surface area contributed by atoms with Crippen LogP contribution in [0.15, 0.2) is 23.6 Å². The van der Waals surface area contributed by atoms with Crippen molar-refractivity contribution < 1.29 is 34.9 Å². The molecule has 0 aromatic heterocycles. The van der Waals surface area contributed by atoms with Crippen LogP contribution in [0.4, 0.5) is 22.0 Å². The van der Waals surface area contributed by atoms with Crippen molar-refractivity contribution in [2.45, 2.75) is 11.2 Å². The quantitative estimate of drug-likeness (QED) is 0.523. The maximum absolute atomic E-state index is 13.1. The summed E-state index contributed by atoms with van der Waals surface area (Å²) < 4.78 is 93.7. The fourth-order valence-electron chi connectivity index (χ4n) is 0.906. The molecule has 2 unspecified atom stereocenters. The van der Waals surface area contributed by atoms with Gasteiger partial charge in [0.15, 0.2) is 17.5 Å². The number of halogens is 5. The van der Waals surface area contributed by atoms with Gasteiger partial charge < -0.3 is 4.55 Å². The Labute approximate surface area is 80.6 Å². The van der Waals surface area contributed by atoms with Crippen molar-refractivity contribution in [1.29, 1.82) is 0 Å². The molecule has 9 heteroatoms. The number of allylic oxidation sites excluding steroid dienone is 3. The Morgan fingerprint density at radius 3 is 2.20 bits per heavy atom. The number of alkyl halides is 2. The van der Waals surface area contributed by atoms with Crippen LogP contribution in [0.1, 0.15) is 0 Å². The highest BCUT2D eigenvalue weighted by Crippen LogP contribution is 2.41. The largest absolute Gasteiger partial charge is 0.745 e. The Hall–Kier alpha value is -0.960. The van der Waals surface area contributed by atoms with Gasteiger partial charge in [-0.1, -0.05) is 0 Å². The van der Waals surface area contributed by atoms with E-state index in [-0.39, 0.29) is 0 Å². The summed E-state index contributed by atoms with van der Waals surface area (Å²) in [5.74, 6) is -7.24. The van der Waals surface area contributed by atoms with Crippen LogP contribution in [0.5, 0.6) is 0 Å². The van der Waals surface area contributed by atoms with Gasteiger partial charge in [-0.3, -0.25) is 0 Å². The fraction of sp³-hybridized carbons (Fsp3) is 0.333. The predicted molar refractivity (Wildman–Crippen MR) is 36.9 cm³/mol. The minimum absolute atomic E-state index is 0.738. The average molecular weight is 249 g/mol. The Morgan fingerprint density at radius 2 is 1.80 bits per heavy atom. The van der Waals surface area contributed by atoms with E-state index in [1.54, 1.807) is 0 Å². The molecule has 1 rings (SSSR count). The zero-order valence-electron chi connectivity index (χ0n) is 6.68. The minimum atomic E-state index is -6.01. The summed E-state index contributed by atoms with van der Waals surface area (Å²) in [4.78, 5) is 0. The third-order valence-corrected chi connectivity index (χ3v) is 2.79. The lowest BCUT2D eigenvalue weighted by Gasteiger charge is -2.29. The molecule has 3 nitrogen and oxygen atoms in total. The highest BCUT2D eigenvalue weighted by atomic mass is 32.2. The highest BCUT2D eigenvalue weighted by Gasteiger charge is 2.52. The molecule has 0 bridgehead atoms. The van der Waals surface area contributed by atoms with E-state index >= 15 is 0 Å². The molecule has 0 N–H and O–H groups in total. The second-order valence-electron chi connectivity index (χ2n) is 2.67. The summed E-state index contributed by atoms with van der Waals surface area (Å²) in [6.07, 6.45) is -4.45. The van der Waals surface area contributed by atoms with Crippen molar-refractivity contribution >= 4 is 10.1 Å². The van der Waals surface area contributed by atoms with Crippen molar-refractivity contribution in [2.24, 2.45) is 0 Å². The van der Waals surface area contributed by atoms with Gasteiger partial charge in [0, 0.05) is 6.08 Å². The van der Waals surface area contributed by atoms with E-state index < -0.39 is 44.8 Å². The lowest BCUT2D eigenvalue weighted by atomic mass is 10.1. The molecule has 2 atom stereocenters. The Balaban J connectivity index is 3.43. The number of hydrogen-bond donors (Lipinski definition) is 0. The molecule has 86 valence electrons. The SMILES string of the molecule is O=S(=O)([O-])C1(F)C=C(F)C(F)=C(F)C1F. The number of rotatable bonds is 1. The smallest absolute Gasteiger partial charge is 0.257 e. The van der Waals surface area contributed by atoms with Gasteiger partial charge in [-0.2, -0.15) is 0 Å². The summed E-state index contributed by atoms with van der Waals surface area (Å²) in [6, 6.07) is 0. The van der Waals surface area contributed by atoms with Crippen LogP contribution in [-0.4, -0.2) is 24.1 Å². The van der Waals surface area contributed by atoms with E-state index in [4.69, 9.17) is 0 Å². The van der Waals surface area contributed by atoms with Crippen LogP contribution >= 0.6 is 0 Å². The van der Waals surface area contributed by atoms with Gasteiger partial charge in [0.2, 0.25) is 6.17 Å². The first-order valence-electron chi connectivity index (χ1n) is 3.33. The van der Waals surface area contributed by atoms with E-state index in [9.17, 15) is 34.9 Å². The molecule has 0 aromatic rings. The molecular formula is C6H2F5O3S-. The topological polar surface area (TPSA) is 57.2 Å². The van der Waals surface area contributed by atoms with Gasteiger partial charge in [0.1, 0.15) is 10.1 Å². The standard InChI is InChI=1S/C6H3F5O3S/c7-2-1-6(11,15(12,13)14)5(10)4(9)3(2)8/h1,5H,(H,12,13,14)/p-1. The Morgan fingerprint density at radius 1 is 1.33 bits per heavy atom. The van der Waals surface area contributed by atoms with E-state index in [0.717, 1.165) is 0 Å². The van der Waals surface area contributed by atoms with Gasteiger partial charge >= 0.3 is 0 Å². The molecular weight excluding hydrogens is 247 g/mol. The second kappa shape index (κ2) is 3.27. The van der Waals surface area contributed by atoms with Crippen molar-refractivity contribution in [1.82, 2.24) is 0 Å². The van der Waals surface area contributed by atoms with Gasteiger partial charge in [-0.05, 0) is 0 Å². The lowest BCUT2D eigenvalue weighted by molar-refractivity contribution is 0.147. The van der Waals surface area contributed by atoms with Crippen molar-refractivity contribution in [3.8, 4) is 0 Å². The van der Waals surface area contributed by atoms with E-state index in [1.165, 1.54) is 0 Å².